The number of nitrogens with zero attached hydrogens (tertiary/aromatic N) is 2. The number of halogens is 1. The van der Waals surface area contributed by atoms with Crippen molar-refractivity contribution in [2.24, 2.45) is 0 Å². The van der Waals surface area contributed by atoms with Crippen LogP contribution in [0.1, 0.15) is 50.4 Å². The summed E-state index contributed by atoms with van der Waals surface area (Å²) in [6.45, 7) is 0.759. The van der Waals surface area contributed by atoms with E-state index in [2.05, 4.69) is 14.9 Å². The van der Waals surface area contributed by atoms with Crippen molar-refractivity contribution in [1.82, 2.24) is 14.9 Å². The molecule has 1 aromatic carbocycles. The molecule has 1 aromatic heterocycles. The average molecular weight is 273 g/mol. The molecule has 106 valence electrons. The fourth-order valence-electron chi connectivity index (χ4n) is 3.36. The van der Waals surface area contributed by atoms with Gasteiger partial charge in [-0.2, -0.15) is 0 Å². The molecule has 4 rings (SSSR count). The first-order chi connectivity index (χ1) is 9.83. The lowest BCUT2D eigenvalue weighted by molar-refractivity contribution is 0.502. The van der Waals surface area contributed by atoms with E-state index in [1.807, 2.05) is 6.07 Å². The monoisotopic (exact) mass is 273 g/mol. The molecule has 2 fully saturated rings. The Morgan fingerprint density at radius 1 is 1.20 bits per heavy atom. The zero-order chi connectivity index (χ0) is 13.5. The van der Waals surface area contributed by atoms with Gasteiger partial charge in [-0.3, -0.25) is 0 Å². The zero-order valence-corrected chi connectivity index (χ0v) is 11.6. The fourth-order valence-corrected chi connectivity index (χ4v) is 3.36. The van der Waals surface area contributed by atoms with Gasteiger partial charge in [-0.25, -0.2) is 9.37 Å². The number of aromatic nitrogens is 2. The number of nitrogens with one attached hydrogen (secondary N) is 1. The van der Waals surface area contributed by atoms with E-state index in [9.17, 15) is 4.39 Å². The topological polar surface area (TPSA) is 29.9 Å². The van der Waals surface area contributed by atoms with E-state index in [4.69, 9.17) is 0 Å². The quantitative estimate of drug-likeness (QED) is 0.923. The van der Waals surface area contributed by atoms with Crippen LogP contribution in [0.2, 0.25) is 0 Å². The lowest BCUT2D eigenvalue weighted by Crippen LogP contribution is -2.26. The molecule has 2 aliphatic rings. The van der Waals surface area contributed by atoms with Crippen molar-refractivity contribution >= 4 is 11.0 Å². The minimum Gasteiger partial charge on any atom is -0.324 e. The van der Waals surface area contributed by atoms with Crippen molar-refractivity contribution < 1.29 is 4.39 Å². The van der Waals surface area contributed by atoms with Gasteiger partial charge in [0.2, 0.25) is 0 Å². The Kier molecular flexibility index (Phi) is 2.99. The number of imidazole rings is 1. The average Bonchev–Trinajstić information content (AvgIpc) is 3.02. The molecule has 2 aliphatic carbocycles. The molecule has 0 amide bonds. The Labute approximate surface area is 118 Å². The molecule has 0 atom stereocenters. The Hall–Kier alpha value is -1.42. The SMILES string of the molecule is Fc1cccc2c1nc(CNC1CCCC1)n2C1CC1. The van der Waals surface area contributed by atoms with E-state index in [0.29, 0.717) is 17.6 Å². The van der Waals surface area contributed by atoms with E-state index in [1.54, 1.807) is 6.07 Å². The van der Waals surface area contributed by atoms with E-state index in [1.165, 1.54) is 44.6 Å². The second-order valence-corrected chi connectivity index (χ2v) is 6.10. The molecule has 0 unspecified atom stereocenters. The number of fused-ring (bicyclic) bond motifs is 1. The minimum atomic E-state index is -0.205. The van der Waals surface area contributed by atoms with E-state index < -0.39 is 0 Å². The van der Waals surface area contributed by atoms with Gasteiger partial charge >= 0.3 is 0 Å². The molecule has 0 aliphatic heterocycles. The third-order valence-electron chi connectivity index (χ3n) is 4.56. The highest BCUT2D eigenvalue weighted by atomic mass is 19.1. The highest BCUT2D eigenvalue weighted by Gasteiger charge is 2.29. The van der Waals surface area contributed by atoms with Gasteiger partial charge in [0.05, 0.1) is 12.1 Å². The first kappa shape index (κ1) is 12.3. The predicted molar refractivity (Wildman–Crippen MR) is 77.1 cm³/mol. The highest BCUT2D eigenvalue weighted by molar-refractivity contribution is 5.77. The highest BCUT2D eigenvalue weighted by Crippen LogP contribution is 2.39. The number of hydrogen-bond donors (Lipinski definition) is 1. The summed E-state index contributed by atoms with van der Waals surface area (Å²) in [6, 6.07) is 6.42. The van der Waals surface area contributed by atoms with Crippen molar-refractivity contribution in [1.29, 1.82) is 0 Å². The second-order valence-electron chi connectivity index (χ2n) is 6.10. The van der Waals surface area contributed by atoms with Crippen molar-refractivity contribution in [3.8, 4) is 0 Å². The largest absolute Gasteiger partial charge is 0.324 e. The number of rotatable bonds is 4. The summed E-state index contributed by atoms with van der Waals surface area (Å²) >= 11 is 0. The Balaban J connectivity index is 1.66. The van der Waals surface area contributed by atoms with E-state index in [0.717, 1.165) is 17.9 Å². The van der Waals surface area contributed by atoms with Crippen molar-refractivity contribution in [2.75, 3.05) is 0 Å². The smallest absolute Gasteiger partial charge is 0.151 e. The molecule has 1 N–H and O–H groups in total. The summed E-state index contributed by atoms with van der Waals surface area (Å²) in [5.41, 5.74) is 1.48. The van der Waals surface area contributed by atoms with Crippen molar-refractivity contribution in [3.63, 3.8) is 0 Å². The van der Waals surface area contributed by atoms with Crippen LogP contribution in [0.15, 0.2) is 18.2 Å². The first-order valence-electron chi connectivity index (χ1n) is 7.71. The normalized spacial score (nSPS) is 20.1. The standard InChI is InChI=1S/C16H20FN3/c17-13-6-3-7-14-16(13)19-15(20(14)12-8-9-12)10-18-11-4-1-2-5-11/h3,6-7,11-12,18H,1-2,4-5,8-10H2. The van der Waals surface area contributed by atoms with E-state index >= 15 is 0 Å². The van der Waals surface area contributed by atoms with Crippen LogP contribution in [0.25, 0.3) is 11.0 Å². The van der Waals surface area contributed by atoms with Gasteiger partial charge in [0, 0.05) is 12.1 Å². The van der Waals surface area contributed by atoms with Crippen LogP contribution < -0.4 is 5.32 Å². The zero-order valence-electron chi connectivity index (χ0n) is 11.6. The van der Waals surface area contributed by atoms with Gasteiger partial charge in [-0.15, -0.1) is 0 Å². The molecule has 20 heavy (non-hydrogen) atoms. The Bertz CT molecular complexity index is 624. The van der Waals surface area contributed by atoms with Gasteiger partial charge in [-0.1, -0.05) is 18.9 Å². The number of para-hydroxylation sites is 1. The summed E-state index contributed by atoms with van der Waals surface area (Å²) in [6.07, 6.45) is 7.56. The molecule has 3 nitrogen and oxygen atoms in total. The van der Waals surface area contributed by atoms with Crippen LogP contribution in [0, 0.1) is 5.82 Å². The molecule has 0 spiro atoms. The van der Waals surface area contributed by atoms with Gasteiger partial charge in [-0.05, 0) is 37.8 Å². The lowest BCUT2D eigenvalue weighted by Gasteiger charge is -2.13. The number of hydrogen-bond acceptors (Lipinski definition) is 2. The van der Waals surface area contributed by atoms with Crippen LogP contribution >= 0.6 is 0 Å². The Morgan fingerprint density at radius 3 is 2.75 bits per heavy atom. The molecule has 0 saturated heterocycles. The maximum Gasteiger partial charge on any atom is 0.151 e. The molecule has 0 radical (unpaired) electrons. The van der Waals surface area contributed by atoms with Crippen molar-refractivity contribution in [2.45, 2.75) is 57.2 Å². The fraction of sp³-hybridized carbons (Fsp3) is 0.562. The lowest BCUT2D eigenvalue weighted by atomic mass is 10.2. The summed E-state index contributed by atoms with van der Waals surface area (Å²) in [4.78, 5) is 4.56. The molecule has 2 aromatic rings. The Morgan fingerprint density at radius 2 is 2.00 bits per heavy atom. The second kappa shape index (κ2) is 4.85. The predicted octanol–water partition coefficient (Wildman–Crippen LogP) is 3.54. The van der Waals surface area contributed by atoms with Gasteiger partial charge in [0.15, 0.2) is 5.82 Å². The van der Waals surface area contributed by atoms with Gasteiger partial charge < -0.3 is 9.88 Å². The molecule has 2 saturated carbocycles. The van der Waals surface area contributed by atoms with Crippen LogP contribution in [0.3, 0.4) is 0 Å². The molecular formula is C16H20FN3. The van der Waals surface area contributed by atoms with Crippen LogP contribution in [-0.4, -0.2) is 15.6 Å². The summed E-state index contributed by atoms with van der Waals surface area (Å²) in [5, 5.41) is 3.60. The third-order valence-corrected chi connectivity index (χ3v) is 4.56. The van der Waals surface area contributed by atoms with Gasteiger partial charge in [0.25, 0.3) is 0 Å². The van der Waals surface area contributed by atoms with Crippen LogP contribution in [0.4, 0.5) is 4.39 Å². The third kappa shape index (κ3) is 2.12. The van der Waals surface area contributed by atoms with Crippen LogP contribution in [0.5, 0.6) is 0 Å². The molecule has 0 bridgehead atoms. The number of benzene rings is 1. The molecule has 4 heteroatoms. The first-order valence-corrected chi connectivity index (χ1v) is 7.71. The van der Waals surface area contributed by atoms with E-state index in [-0.39, 0.29) is 5.82 Å². The van der Waals surface area contributed by atoms with Crippen LogP contribution in [-0.2, 0) is 6.54 Å². The summed E-state index contributed by atoms with van der Waals surface area (Å²) in [7, 11) is 0. The summed E-state index contributed by atoms with van der Waals surface area (Å²) in [5.74, 6) is 0.795. The molecular weight excluding hydrogens is 253 g/mol. The maximum atomic E-state index is 13.9. The minimum absolute atomic E-state index is 0.205. The maximum absolute atomic E-state index is 13.9. The summed E-state index contributed by atoms with van der Waals surface area (Å²) < 4.78 is 16.2. The van der Waals surface area contributed by atoms with Gasteiger partial charge in [0.1, 0.15) is 11.3 Å². The van der Waals surface area contributed by atoms with Crippen molar-refractivity contribution in [3.05, 3.63) is 29.8 Å². The molecule has 1 heterocycles.